The lowest BCUT2D eigenvalue weighted by Gasteiger charge is -2.03. The molecule has 0 unspecified atom stereocenters. The predicted molar refractivity (Wildman–Crippen MR) is 54.6 cm³/mol. The summed E-state index contributed by atoms with van der Waals surface area (Å²) in [7, 11) is 0. The van der Waals surface area contributed by atoms with Gasteiger partial charge in [-0.2, -0.15) is 0 Å². The number of benzene rings is 1. The Balaban J connectivity index is 2.37. The Kier molecular flexibility index (Phi) is 4.03. The lowest BCUT2D eigenvalue weighted by Crippen LogP contribution is -2.10. The molecule has 0 saturated carbocycles. The number of amides is 1. The third-order valence-corrected chi connectivity index (χ3v) is 1.81. The molecule has 0 saturated heterocycles. The molecule has 0 aliphatic rings. The first-order valence-electron chi connectivity index (χ1n) is 4.68. The molecule has 0 bridgehead atoms. The highest BCUT2D eigenvalue weighted by Gasteiger charge is 1.99. The van der Waals surface area contributed by atoms with E-state index < -0.39 is 0 Å². The van der Waals surface area contributed by atoms with Crippen molar-refractivity contribution in [2.75, 3.05) is 5.32 Å². The molecule has 1 amide bonds. The fraction of sp³-hybridized carbons (Fsp3) is 0.364. The molecule has 2 nitrogen and oxygen atoms in total. The highest BCUT2D eigenvalue weighted by Crippen LogP contribution is 2.06. The summed E-state index contributed by atoms with van der Waals surface area (Å²) in [5.41, 5.74) is 0.878. The Morgan fingerprint density at radius 2 is 2.00 bits per heavy atom. The van der Waals surface area contributed by atoms with Crippen molar-refractivity contribution >= 4 is 11.6 Å². The maximum Gasteiger partial charge on any atom is 0.224 e. The molecular weight excluding hydrogens is 162 g/mol. The van der Waals surface area contributed by atoms with Crippen molar-refractivity contribution in [2.45, 2.75) is 26.2 Å². The molecule has 0 aliphatic carbocycles. The third kappa shape index (κ3) is 3.74. The van der Waals surface area contributed by atoms with Crippen LogP contribution in [0.1, 0.15) is 26.2 Å². The van der Waals surface area contributed by atoms with E-state index in [9.17, 15) is 4.79 Å². The Hall–Kier alpha value is -1.31. The second-order valence-corrected chi connectivity index (χ2v) is 3.02. The standard InChI is InChI=1S/C11H15NO/c1-2-3-9-11(13)12-10-7-5-4-6-8-10/h4-8H,2-3,9H2,1H3,(H,12,13). The molecule has 0 heterocycles. The van der Waals surface area contributed by atoms with Gasteiger partial charge in [-0.05, 0) is 18.6 Å². The van der Waals surface area contributed by atoms with Gasteiger partial charge in [-0.25, -0.2) is 0 Å². The predicted octanol–water partition coefficient (Wildman–Crippen LogP) is 2.82. The maximum atomic E-state index is 11.3. The SMILES string of the molecule is CCCCC(=O)Nc1ccccc1. The van der Waals surface area contributed by atoms with Gasteiger partial charge in [-0.3, -0.25) is 4.79 Å². The van der Waals surface area contributed by atoms with Crippen LogP contribution in [0.25, 0.3) is 0 Å². The Bertz CT molecular complexity index is 256. The van der Waals surface area contributed by atoms with Gasteiger partial charge in [0.1, 0.15) is 0 Å². The molecule has 2 heteroatoms. The number of hydrogen-bond donors (Lipinski definition) is 1. The average molecular weight is 177 g/mol. The molecule has 1 aromatic rings. The quantitative estimate of drug-likeness (QED) is 0.752. The zero-order valence-corrected chi connectivity index (χ0v) is 7.92. The summed E-state index contributed by atoms with van der Waals surface area (Å²) in [6, 6.07) is 9.54. The number of nitrogens with one attached hydrogen (secondary N) is 1. The molecule has 0 radical (unpaired) electrons. The normalized spacial score (nSPS) is 9.62. The summed E-state index contributed by atoms with van der Waals surface area (Å²) < 4.78 is 0. The van der Waals surface area contributed by atoms with Crippen molar-refractivity contribution in [1.82, 2.24) is 0 Å². The summed E-state index contributed by atoms with van der Waals surface area (Å²) in [4.78, 5) is 11.3. The van der Waals surface area contributed by atoms with E-state index in [-0.39, 0.29) is 5.91 Å². The molecule has 0 aromatic heterocycles. The molecule has 0 atom stereocenters. The summed E-state index contributed by atoms with van der Waals surface area (Å²) in [6.07, 6.45) is 2.63. The maximum absolute atomic E-state index is 11.3. The molecule has 0 fully saturated rings. The Labute approximate surface area is 79.0 Å². The zero-order valence-electron chi connectivity index (χ0n) is 7.92. The number of hydrogen-bond acceptors (Lipinski definition) is 1. The van der Waals surface area contributed by atoms with E-state index in [2.05, 4.69) is 12.2 Å². The van der Waals surface area contributed by atoms with Crippen LogP contribution in [-0.2, 0) is 4.79 Å². The van der Waals surface area contributed by atoms with Gasteiger partial charge >= 0.3 is 0 Å². The zero-order chi connectivity index (χ0) is 9.52. The van der Waals surface area contributed by atoms with E-state index in [0.717, 1.165) is 18.5 Å². The largest absolute Gasteiger partial charge is 0.326 e. The minimum atomic E-state index is 0.105. The minimum Gasteiger partial charge on any atom is -0.326 e. The Morgan fingerprint density at radius 3 is 2.62 bits per heavy atom. The molecule has 13 heavy (non-hydrogen) atoms. The van der Waals surface area contributed by atoms with E-state index in [1.54, 1.807) is 0 Å². The van der Waals surface area contributed by atoms with Crippen molar-refractivity contribution in [3.05, 3.63) is 30.3 Å². The number of carbonyl (C=O) groups excluding carboxylic acids is 1. The average Bonchev–Trinajstić information content (AvgIpc) is 2.16. The number of carbonyl (C=O) groups is 1. The van der Waals surface area contributed by atoms with Crippen molar-refractivity contribution in [2.24, 2.45) is 0 Å². The molecule has 1 aromatic carbocycles. The van der Waals surface area contributed by atoms with Crippen LogP contribution in [-0.4, -0.2) is 5.91 Å². The lowest BCUT2D eigenvalue weighted by atomic mass is 10.2. The summed E-state index contributed by atoms with van der Waals surface area (Å²) >= 11 is 0. The fourth-order valence-corrected chi connectivity index (χ4v) is 1.08. The molecule has 0 aliphatic heterocycles. The van der Waals surface area contributed by atoms with Crippen LogP contribution in [0.3, 0.4) is 0 Å². The molecular formula is C11H15NO. The van der Waals surface area contributed by atoms with Crippen LogP contribution in [0, 0.1) is 0 Å². The van der Waals surface area contributed by atoms with Gasteiger partial charge in [0.05, 0.1) is 0 Å². The number of anilines is 1. The van der Waals surface area contributed by atoms with Crippen molar-refractivity contribution in [3.8, 4) is 0 Å². The van der Waals surface area contributed by atoms with Gasteiger partial charge in [0, 0.05) is 12.1 Å². The van der Waals surface area contributed by atoms with E-state index in [1.807, 2.05) is 30.3 Å². The highest BCUT2D eigenvalue weighted by molar-refractivity contribution is 5.90. The molecule has 70 valence electrons. The summed E-state index contributed by atoms with van der Waals surface area (Å²) in [6.45, 7) is 2.08. The summed E-state index contributed by atoms with van der Waals surface area (Å²) in [5.74, 6) is 0.105. The second-order valence-electron chi connectivity index (χ2n) is 3.02. The van der Waals surface area contributed by atoms with Crippen LogP contribution in [0.4, 0.5) is 5.69 Å². The van der Waals surface area contributed by atoms with Crippen molar-refractivity contribution in [3.63, 3.8) is 0 Å². The fourth-order valence-electron chi connectivity index (χ4n) is 1.08. The third-order valence-electron chi connectivity index (χ3n) is 1.81. The van der Waals surface area contributed by atoms with Crippen LogP contribution >= 0.6 is 0 Å². The van der Waals surface area contributed by atoms with Gasteiger partial charge in [0.15, 0.2) is 0 Å². The monoisotopic (exact) mass is 177 g/mol. The van der Waals surface area contributed by atoms with Crippen LogP contribution in [0.5, 0.6) is 0 Å². The van der Waals surface area contributed by atoms with Gasteiger partial charge in [-0.15, -0.1) is 0 Å². The number of para-hydroxylation sites is 1. The van der Waals surface area contributed by atoms with Gasteiger partial charge < -0.3 is 5.32 Å². The number of unbranched alkanes of at least 4 members (excludes halogenated alkanes) is 1. The van der Waals surface area contributed by atoms with Crippen molar-refractivity contribution in [1.29, 1.82) is 0 Å². The van der Waals surface area contributed by atoms with Crippen molar-refractivity contribution < 1.29 is 4.79 Å². The molecule has 1 N–H and O–H groups in total. The van der Waals surface area contributed by atoms with Crippen LogP contribution < -0.4 is 5.32 Å². The first-order chi connectivity index (χ1) is 6.33. The lowest BCUT2D eigenvalue weighted by molar-refractivity contribution is -0.116. The van der Waals surface area contributed by atoms with Gasteiger partial charge in [-0.1, -0.05) is 31.5 Å². The first kappa shape index (κ1) is 9.78. The second kappa shape index (κ2) is 5.36. The number of rotatable bonds is 4. The minimum absolute atomic E-state index is 0.105. The topological polar surface area (TPSA) is 29.1 Å². The smallest absolute Gasteiger partial charge is 0.224 e. The summed E-state index contributed by atoms with van der Waals surface area (Å²) in [5, 5.41) is 2.84. The van der Waals surface area contributed by atoms with Crippen LogP contribution in [0.2, 0.25) is 0 Å². The Morgan fingerprint density at radius 1 is 1.31 bits per heavy atom. The van der Waals surface area contributed by atoms with E-state index in [0.29, 0.717) is 6.42 Å². The first-order valence-corrected chi connectivity index (χ1v) is 4.68. The highest BCUT2D eigenvalue weighted by atomic mass is 16.1. The van der Waals surface area contributed by atoms with Crippen LogP contribution in [0.15, 0.2) is 30.3 Å². The molecule has 0 spiro atoms. The van der Waals surface area contributed by atoms with E-state index in [4.69, 9.17) is 0 Å². The van der Waals surface area contributed by atoms with E-state index in [1.165, 1.54) is 0 Å². The molecule has 1 rings (SSSR count). The van der Waals surface area contributed by atoms with E-state index >= 15 is 0 Å². The van der Waals surface area contributed by atoms with Gasteiger partial charge in [0.25, 0.3) is 0 Å². The van der Waals surface area contributed by atoms with Gasteiger partial charge in [0.2, 0.25) is 5.91 Å².